The Morgan fingerprint density at radius 3 is 2.67 bits per heavy atom. The van der Waals surface area contributed by atoms with Crippen molar-refractivity contribution < 1.29 is 9.53 Å². The van der Waals surface area contributed by atoms with E-state index >= 15 is 0 Å². The Kier molecular flexibility index (Phi) is 4.99. The number of nitrogens with one attached hydrogen (secondary N) is 1. The highest BCUT2D eigenvalue weighted by Gasteiger charge is 2.20. The van der Waals surface area contributed by atoms with Crippen LogP contribution in [0.2, 0.25) is 0 Å². The third-order valence-corrected chi connectivity index (χ3v) is 5.10. The lowest BCUT2D eigenvalue weighted by Crippen LogP contribution is -2.13. The molecule has 8 heteroatoms. The van der Waals surface area contributed by atoms with Gasteiger partial charge < -0.3 is 10.1 Å². The maximum Gasteiger partial charge on any atom is 0.256 e. The number of rotatable bonds is 5. The minimum atomic E-state index is -0.221. The Bertz CT molecular complexity index is 1250. The van der Waals surface area contributed by atoms with E-state index in [1.54, 1.807) is 22.5 Å². The van der Waals surface area contributed by atoms with E-state index in [2.05, 4.69) is 15.5 Å². The predicted molar refractivity (Wildman–Crippen MR) is 116 cm³/mol. The summed E-state index contributed by atoms with van der Waals surface area (Å²) in [4.78, 5) is 18.1. The van der Waals surface area contributed by atoms with Gasteiger partial charge >= 0.3 is 0 Å². The Morgan fingerprint density at radius 2 is 1.97 bits per heavy atom. The molecule has 3 heterocycles. The maximum absolute atomic E-state index is 13.3. The van der Waals surface area contributed by atoms with Gasteiger partial charge in [0, 0.05) is 25.4 Å². The topological polar surface area (TPSA) is 86.9 Å². The van der Waals surface area contributed by atoms with E-state index in [0.717, 1.165) is 34.6 Å². The number of ether oxygens (including phenoxy) is 1. The lowest BCUT2D eigenvalue weighted by Gasteiger charge is -2.10. The lowest BCUT2D eigenvalue weighted by atomic mass is 10.0. The van der Waals surface area contributed by atoms with Crippen LogP contribution in [-0.4, -0.2) is 37.6 Å². The average molecular weight is 404 g/mol. The van der Waals surface area contributed by atoms with E-state index < -0.39 is 0 Å². The molecule has 154 valence electrons. The highest BCUT2D eigenvalue weighted by Crippen LogP contribution is 2.29. The Balaban J connectivity index is 1.84. The van der Waals surface area contributed by atoms with Crippen molar-refractivity contribution in [3.05, 3.63) is 53.5 Å². The highest BCUT2D eigenvalue weighted by atomic mass is 16.5. The first kappa shape index (κ1) is 19.6. The summed E-state index contributed by atoms with van der Waals surface area (Å²) in [7, 11) is 3.45. The number of anilines is 1. The molecule has 0 saturated heterocycles. The Hall–Kier alpha value is -3.68. The molecule has 1 aromatic carbocycles. The van der Waals surface area contributed by atoms with Gasteiger partial charge in [-0.25, -0.2) is 4.98 Å². The van der Waals surface area contributed by atoms with Gasteiger partial charge in [-0.15, -0.1) is 0 Å². The fourth-order valence-corrected chi connectivity index (χ4v) is 3.55. The number of amides is 1. The summed E-state index contributed by atoms with van der Waals surface area (Å²) in [5, 5.41) is 12.6. The third kappa shape index (κ3) is 3.41. The van der Waals surface area contributed by atoms with Crippen LogP contribution in [-0.2, 0) is 13.6 Å². The molecule has 3 aromatic heterocycles. The van der Waals surface area contributed by atoms with Crippen molar-refractivity contribution in [1.82, 2.24) is 24.5 Å². The summed E-state index contributed by atoms with van der Waals surface area (Å²) in [5.41, 5.74) is 4.92. The number of carbonyl (C=O) groups is 1. The lowest BCUT2D eigenvalue weighted by molar-refractivity contribution is 0.102. The van der Waals surface area contributed by atoms with Crippen LogP contribution >= 0.6 is 0 Å². The van der Waals surface area contributed by atoms with Crippen LogP contribution < -0.4 is 10.1 Å². The van der Waals surface area contributed by atoms with Crippen molar-refractivity contribution in [2.45, 2.75) is 27.3 Å². The molecule has 8 nitrogen and oxygen atoms in total. The normalized spacial score (nSPS) is 11.1. The fraction of sp³-hybridized carbons (Fsp3) is 0.273. The molecule has 0 saturated carbocycles. The molecule has 0 spiro atoms. The second-order valence-corrected chi connectivity index (χ2v) is 7.13. The molecule has 0 unspecified atom stereocenters. The van der Waals surface area contributed by atoms with Crippen molar-refractivity contribution >= 4 is 22.6 Å². The number of fused-ring (bicyclic) bond motifs is 1. The average Bonchev–Trinajstić information content (AvgIpc) is 3.25. The number of pyridine rings is 1. The van der Waals surface area contributed by atoms with Crippen LogP contribution in [0.15, 0.2) is 36.5 Å². The van der Waals surface area contributed by atoms with Crippen LogP contribution in [0.4, 0.5) is 5.69 Å². The van der Waals surface area contributed by atoms with Crippen molar-refractivity contribution in [2.24, 2.45) is 7.05 Å². The fourth-order valence-electron chi connectivity index (χ4n) is 3.55. The standard InChI is InChI=1S/C22H24N6O2/c1-6-28-12-19(13(2)26-28)24-22(29)17-11-18(15-8-7-9-16(10-15)30-5)23-21-20(17)14(3)25-27(21)4/h7-12H,6H2,1-5H3,(H,24,29). The van der Waals surface area contributed by atoms with Crippen LogP contribution in [0.3, 0.4) is 0 Å². The summed E-state index contributed by atoms with van der Waals surface area (Å²) < 4.78 is 8.84. The number of methoxy groups -OCH3 is 1. The predicted octanol–water partition coefficient (Wildman–Crippen LogP) is 3.73. The Morgan fingerprint density at radius 1 is 1.17 bits per heavy atom. The van der Waals surface area contributed by atoms with E-state index in [-0.39, 0.29) is 5.91 Å². The van der Waals surface area contributed by atoms with Crippen molar-refractivity contribution in [3.63, 3.8) is 0 Å². The molecule has 0 aliphatic carbocycles. The SMILES string of the molecule is CCn1cc(NC(=O)c2cc(-c3cccc(OC)c3)nc3c2c(C)nn3C)c(C)n1. The van der Waals surface area contributed by atoms with Crippen molar-refractivity contribution in [2.75, 3.05) is 12.4 Å². The summed E-state index contributed by atoms with van der Waals surface area (Å²) in [6.45, 7) is 6.50. The first-order valence-corrected chi connectivity index (χ1v) is 9.75. The van der Waals surface area contributed by atoms with Crippen LogP contribution in [0, 0.1) is 13.8 Å². The first-order valence-electron chi connectivity index (χ1n) is 9.75. The summed E-state index contributed by atoms with van der Waals surface area (Å²) in [6, 6.07) is 9.42. The smallest absolute Gasteiger partial charge is 0.256 e. The van der Waals surface area contributed by atoms with Gasteiger partial charge in [-0.2, -0.15) is 10.2 Å². The number of hydrogen-bond acceptors (Lipinski definition) is 5. The largest absolute Gasteiger partial charge is 0.497 e. The zero-order valence-corrected chi connectivity index (χ0v) is 17.7. The number of nitrogens with zero attached hydrogens (tertiary/aromatic N) is 5. The van der Waals surface area contributed by atoms with Gasteiger partial charge in [0.25, 0.3) is 5.91 Å². The van der Waals surface area contributed by atoms with Crippen molar-refractivity contribution in [1.29, 1.82) is 0 Å². The highest BCUT2D eigenvalue weighted by molar-refractivity contribution is 6.13. The molecule has 30 heavy (non-hydrogen) atoms. The summed E-state index contributed by atoms with van der Waals surface area (Å²) in [6.07, 6.45) is 1.84. The molecular weight excluding hydrogens is 380 g/mol. The number of carbonyl (C=O) groups excluding carboxylic acids is 1. The minimum absolute atomic E-state index is 0.221. The molecule has 0 fully saturated rings. The van der Waals surface area contributed by atoms with E-state index in [0.29, 0.717) is 22.6 Å². The summed E-state index contributed by atoms with van der Waals surface area (Å²) in [5.74, 6) is 0.505. The van der Waals surface area contributed by atoms with E-state index in [1.807, 2.05) is 58.3 Å². The molecule has 0 radical (unpaired) electrons. The van der Waals surface area contributed by atoms with E-state index in [4.69, 9.17) is 9.72 Å². The van der Waals surface area contributed by atoms with Gasteiger partial charge in [0.05, 0.1) is 40.8 Å². The third-order valence-electron chi connectivity index (χ3n) is 5.10. The van der Waals surface area contributed by atoms with Gasteiger partial charge in [0.15, 0.2) is 5.65 Å². The molecule has 4 aromatic rings. The molecule has 0 aliphatic rings. The number of aromatic nitrogens is 5. The second kappa shape index (κ2) is 7.62. The quantitative estimate of drug-likeness (QED) is 0.548. The molecule has 0 atom stereocenters. The van der Waals surface area contributed by atoms with Gasteiger partial charge in [0.2, 0.25) is 0 Å². The zero-order valence-electron chi connectivity index (χ0n) is 17.7. The molecule has 0 aliphatic heterocycles. The molecule has 0 bridgehead atoms. The monoisotopic (exact) mass is 404 g/mol. The molecule has 1 N–H and O–H groups in total. The van der Waals surface area contributed by atoms with Gasteiger partial charge in [-0.05, 0) is 39.0 Å². The Labute approximate surface area is 174 Å². The van der Waals surface area contributed by atoms with E-state index in [1.165, 1.54) is 0 Å². The minimum Gasteiger partial charge on any atom is -0.497 e. The molecule has 4 rings (SSSR count). The van der Waals surface area contributed by atoms with Gasteiger partial charge in [-0.1, -0.05) is 12.1 Å². The van der Waals surface area contributed by atoms with E-state index in [9.17, 15) is 4.79 Å². The van der Waals surface area contributed by atoms with Gasteiger partial charge in [-0.3, -0.25) is 14.2 Å². The molecular formula is C22H24N6O2. The van der Waals surface area contributed by atoms with Crippen LogP contribution in [0.5, 0.6) is 5.75 Å². The van der Waals surface area contributed by atoms with Crippen molar-refractivity contribution in [3.8, 4) is 17.0 Å². The number of hydrogen-bond donors (Lipinski definition) is 1. The number of aryl methyl sites for hydroxylation is 4. The van der Waals surface area contributed by atoms with Crippen LogP contribution in [0.1, 0.15) is 28.7 Å². The summed E-state index contributed by atoms with van der Waals surface area (Å²) >= 11 is 0. The second-order valence-electron chi connectivity index (χ2n) is 7.13. The molecule has 1 amide bonds. The van der Waals surface area contributed by atoms with Gasteiger partial charge in [0.1, 0.15) is 5.75 Å². The zero-order chi connectivity index (χ0) is 21.4. The van der Waals surface area contributed by atoms with Crippen LogP contribution in [0.25, 0.3) is 22.3 Å². The first-order chi connectivity index (χ1) is 14.4. The number of benzene rings is 1. The maximum atomic E-state index is 13.3.